The third kappa shape index (κ3) is 7.90. The molecule has 2 rings (SSSR count). The van der Waals surface area contributed by atoms with Crippen molar-refractivity contribution in [2.45, 2.75) is 4.90 Å². The van der Waals surface area contributed by atoms with E-state index in [4.69, 9.17) is 9.47 Å². The molecule has 33 heavy (non-hydrogen) atoms. The van der Waals surface area contributed by atoms with Crippen molar-refractivity contribution in [2.24, 2.45) is 0 Å². The number of ether oxygens (including phenoxy) is 2. The summed E-state index contributed by atoms with van der Waals surface area (Å²) < 4.78 is 37.3. The van der Waals surface area contributed by atoms with Crippen LogP contribution >= 0.6 is 31.0 Å². The van der Waals surface area contributed by atoms with E-state index in [1.807, 2.05) is 21.2 Å². The number of halogens is 1. The van der Waals surface area contributed by atoms with Crippen LogP contribution < -0.4 is 24.8 Å². The normalized spacial score (nSPS) is 10.1. The minimum absolute atomic E-state index is 0.0662. The first kappa shape index (κ1) is 28.2. The van der Waals surface area contributed by atoms with Crippen molar-refractivity contribution in [3.05, 3.63) is 29.8 Å². The number of nitrogens with one attached hydrogen (secondary N) is 3. The fourth-order valence-electron chi connectivity index (χ4n) is 2.29. The maximum absolute atomic E-state index is 12.8. The molecule has 16 heteroatoms. The monoisotopic (exact) mass is 612 g/mol. The number of hydrogen-bond donors (Lipinski definition) is 4. The molecule has 0 saturated heterocycles. The predicted octanol–water partition coefficient (Wildman–Crippen LogP) is 1.54. The quantitative estimate of drug-likeness (QED) is 0.196. The fraction of sp³-hybridized carbons (Fsp3) is 0.235. The molecule has 0 aliphatic heterocycles. The topological polar surface area (TPSA) is 169 Å². The Hall–Kier alpha value is -2.86. The number of nitrogens with zero attached hydrogens (tertiary/aromatic N) is 3. The molecule has 0 saturated carbocycles. The van der Waals surface area contributed by atoms with Gasteiger partial charge in [-0.3, -0.25) is 14.9 Å². The van der Waals surface area contributed by atoms with E-state index in [1.165, 1.54) is 46.5 Å². The zero-order valence-electron chi connectivity index (χ0n) is 17.8. The molecule has 0 aliphatic rings. The molecule has 0 unspecified atom stereocenters. The molecule has 180 valence electrons. The number of benzene rings is 1. The van der Waals surface area contributed by atoms with Gasteiger partial charge in [0.05, 0.1) is 25.8 Å². The van der Waals surface area contributed by atoms with Gasteiger partial charge in [-0.1, -0.05) is 0 Å². The number of carbonyl (C=O) groups excluding carboxylic acids is 3. The van der Waals surface area contributed by atoms with Crippen LogP contribution in [0.5, 0.6) is 11.8 Å². The number of anilines is 2. The summed E-state index contributed by atoms with van der Waals surface area (Å²) in [6.45, 7) is 0. The molecular formula is C17H21IN6O7S2. The molecule has 13 nitrogen and oxygen atoms in total. The molecule has 0 radical (unpaired) electrons. The van der Waals surface area contributed by atoms with Crippen LogP contribution in [0.1, 0.15) is 10.4 Å². The molecule has 0 atom stereocenters. The Balaban J connectivity index is 0.00000265. The van der Waals surface area contributed by atoms with Gasteiger partial charge in [0.15, 0.2) is 0 Å². The highest BCUT2D eigenvalue weighted by Gasteiger charge is 2.26. The second-order valence-corrected chi connectivity index (χ2v) is 7.66. The van der Waals surface area contributed by atoms with E-state index in [0.717, 1.165) is 11.0 Å². The Bertz CT molecular complexity index is 1090. The van der Waals surface area contributed by atoms with E-state index in [-0.39, 0.29) is 29.0 Å². The van der Waals surface area contributed by atoms with Crippen LogP contribution in [0.4, 0.5) is 16.4 Å². The van der Waals surface area contributed by atoms with Gasteiger partial charge in [-0.15, -0.1) is 9.80 Å². The van der Waals surface area contributed by atoms with Crippen molar-refractivity contribution < 1.29 is 32.3 Å². The molecule has 0 fully saturated rings. The van der Waals surface area contributed by atoms with Gasteiger partial charge in [0.1, 0.15) is 4.90 Å². The molecule has 1 heterocycles. The number of carbonyl (C=O) groups is 3. The summed E-state index contributed by atoms with van der Waals surface area (Å²) in [7, 11) is 4.49. The predicted molar refractivity (Wildman–Crippen MR) is 132 cm³/mol. The number of methoxy groups -OCH3 is 2. The van der Waals surface area contributed by atoms with Crippen molar-refractivity contribution >= 4 is 71.0 Å². The maximum atomic E-state index is 12.8. The van der Waals surface area contributed by atoms with Crippen molar-refractivity contribution in [1.29, 1.82) is 0 Å². The Morgan fingerprint density at radius 3 is 2.15 bits per heavy atom. The summed E-state index contributed by atoms with van der Waals surface area (Å²) in [5, 5.41) is 4.44. The first-order valence-electron chi connectivity index (χ1n) is 8.65. The van der Waals surface area contributed by atoms with E-state index in [9.17, 15) is 22.8 Å². The van der Waals surface area contributed by atoms with E-state index in [1.54, 1.807) is 4.72 Å². The molecule has 1 aromatic carbocycles. The number of sulfonamides is 1. The van der Waals surface area contributed by atoms with Crippen LogP contribution in [0.2, 0.25) is 0 Å². The van der Waals surface area contributed by atoms with Gasteiger partial charge in [-0.2, -0.15) is 9.97 Å². The van der Waals surface area contributed by atoms with Gasteiger partial charge in [0.2, 0.25) is 24.1 Å². The number of thiol groups is 1. The van der Waals surface area contributed by atoms with Crippen molar-refractivity contribution in [3.8, 4) is 11.8 Å². The van der Waals surface area contributed by atoms with Gasteiger partial charge in [-0.05, 0) is 39.4 Å². The highest BCUT2D eigenvalue weighted by atomic mass is 127. The summed E-state index contributed by atoms with van der Waals surface area (Å²) in [5.74, 6) is -0.780. The third-order valence-electron chi connectivity index (χ3n) is 3.68. The first-order valence-corrected chi connectivity index (χ1v) is 13.4. The van der Waals surface area contributed by atoms with Gasteiger partial charge in [0.25, 0.3) is 15.9 Å². The highest BCUT2D eigenvalue weighted by Crippen LogP contribution is 2.22. The summed E-state index contributed by atoms with van der Waals surface area (Å²) in [4.78, 5) is 43.8. The Morgan fingerprint density at radius 2 is 1.67 bits per heavy atom. The molecule has 3 N–H and O–H groups in total. The number of hydrogen-bond acceptors (Lipinski definition) is 10. The smallest absolute Gasteiger partial charge is 0.335 e. The maximum Gasteiger partial charge on any atom is 0.335 e. The molecular weight excluding hydrogens is 591 g/mol. The lowest BCUT2D eigenvalue weighted by Gasteiger charge is -2.16. The lowest BCUT2D eigenvalue weighted by Crippen LogP contribution is -2.36. The Morgan fingerprint density at radius 1 is 1.09 bits per heavy atom. The van der Waals surface area contributed by atoms with E-state index in [2.05, 4.69) is 30.4 Å². The summed E-state index contributed by atoms with van der Waals surface area (Å²) in [6, 6.07) is 3.76. The SMILES string of the molecule is COc1cc(OC)nc(NC(=O)NS(=O)(=O)c2cc(NC=O)ccc2C(=O)N(C)C)n1.SI. The van der Waals surface area contributed by atoms with Gasteiger partial charge < -0.3 is 19.7 Å². The molecule has 4 amide bonds. The minimum atomic E-state index is -4.54. The van der Waals surface area contributed by atoms with E-state index >= 15 is 0 Å². The second-order valence-electron chi connectivity index (χ2n) is 6.01. The number of aromatic nitrogens is 2. The lowest BCUT2D eigenvalue weighted by atomic mass is 10.2. The van der Waals surface area contributed by atoms with E-state index in [0.29, 0.717) is 6.41 Å². The largest absolute Gasteiger partial charge is 0.481 e. The van der Waals surface area contributed by atoms with Crippen LogP contribution in [-0.2, 0) is 14.8 Å². The molecule has 2 aromatic rings. The van der Waals surface area contributed by atoms with E-state index < -0.39 is 26.9 Å². The molecule has 0 spiro atoms. The Labute approximate surface area is 207 Å². The standard InChI is InChI=1S/C17H20N6O7S.HIS/c1-23(2)15(25)11-6-5-10(18-9-24)7-12(11)31(27,28)22-17(26)21-16-19-13(29-3)8-14(20-16)30-4;1-2/h5-9H,1-4H3,(H,18,24)(H2,19,20,21,22,26);2H. The summed E-state index contributed by atoms with van der Waals surface area (Å²) >= 11 is 1.84. The van der Waals surface area contributed by atoms with Crippen LogP contribution in [0.25, 0.3) is 0 Å². The first-order chi connectivity index (χ1) is 15.6. The average Bonchev–Trinajstić information content (AvgIpc) is 2.79. The van der Waals surface area contributed by atoms with Crippen molar-refractivity contribution in [3.63, 3.8) is 0 Å². The van der Waals surface area contributed by atoms with Crippen LogP contribution in [0.3, 0.4) is 0 Å². The zero-order chi connectivity index (χ0) is 25.2. The van der Waals surface area contributed by atoms with Gasteiger partial charge in [-0.25, -0.2) is 17.9 Å². The van der Waals surface area contributed by atoms with Crippen LogP contribution in [0.15, 0.2) is 29.2 Å². The highest BCUT2D eigenvalue weighted by molar-refractivity contribution is 14.2. The zero-order valence-corrected chi connectivity index (χ0v) is 21.7. The third-order valence-corrected chi connectivity index (χ3v) is 5.05. The lowest BCUT2D eigenvalue weighted by molar-refractivity contribution is -0.105. The van der Waals surface area contributed by atoms with Gasteiger partial charge >= 0.3 is 6.03 Å². The second kappa shape index (κ2) is 13.0. The molecule has 0 aliphatic carbocycles. The molecule has 0 bridgehead atoms. The van der Waals surface area contributed by atoms with Crippen LogP contribution in [-0.4, -0.2) is 69.9 Å². The fourth-order valence-corrected chi connectivity index (χ4v) is 3.43. The number of rotatable bonds is 8. The van der Waals surface area contributed by atoms with Crippen molar-refractivity contribution in [1.82, 2.24) is 19.6 Å². The van der Waals surface area contributed by atoms with Crippen LogP contribution in [0, 0.1) is 0 Å². The summed E-state index contributed by atoms with van der Waals surface area (Å²) in [5.41, 5.74) is -0.104. The van der Waals surface area contributed by atoms with Crippen molar-refractivity contribution in [2.75, 3.05) is 38.9 Å². The Kier molecular flexibility index (Phi) is 11.1. The van der Waals surface area contributed by atoms with Gasteiger partial charge in [0, 0.05) is 19.8 Å². The number of amides is 4. The molecule has 1 aromatic heterocycles. The average molecular weight is 612 g/mol. The summed E-state index contributed by atoms with van der Waals surface area (Å²) in [6.07, 6.45) is 0.340. The minimum Gasteiger partial charge on any atom is -0.481 e. The number of urea groups is 1.